The lowest BCUT2D eigenvalue weighted by Crippen LogP contribution is -1.95. The minimum absolute atomic E-state index is 0.576. The molecule has 0 spiro atoms. The topological polar surface area (TPSA) is 64.9 Å². The molecule has 0 amide bonds. The summed E-state index contributed by atoms with van der Waals surface area (Å²) in [6.07, 6.45) is 6.77. The van der Waals surface area contributed by atoms with Gasteiger partial charge < -0.3 is 11.5 Å². The molecule has 0 fully saturated rings. The normalized spacial score (nSPS) is 11.3. The van der Waals surface area contributed by atoms with Gasteiger partial charge in [0.05, 0.1) is 0 Å². The molecule has 3 nitrogen and oxygen atoms in total. The van der Waals surface area contributed by atoms with Crippen molar-refractivity contribution in [3.63, 3.8) is 0 Å². The van der Waals surface area contributed by atoms with Gasteiger partial charge in [0.1, 0.15) is 5.82 Å². The fourth-order valence-electron chi connectivity index (χ4n) is 1.68. The number of hydrogen-bond donors (Lipinski definition) is 2. The maximum absolute atomic E-state index is 5.82. The smallest absolute Gasteiger partial charge is 0.131 e. The van der Waals surface area contributed by atoms with Crippen molar-refractivity contribution in [2.45, 2.75) is 6.42 Å². The van der Waals surface area contributed by atoms with E-state index in [4.69, 9.17) is 11.5 Å². The molecule has 16 heavy (non-hydrogen) atoms. The van der Waals surface area contributed by atoms with E-state index in [1.54, 1.807) is 6.20 Å². The fraction of sp³-hybridized carbons (Fsp3) is 0.154. The van der Waals surface area contributed by atoms with E-state index in [2.05, 4.69) is 17.1 Å². The van der Waals surface area contributed by atoms with Gasteiger partial charge in [-0.3, -0.25) is 0 Å². The molecule has 1 aromatic heterocycles. The number of nitrogens with zero attached hydrogens (tertiary/aromatic N) is 1. The first kappa shape index (κ1) is 10.6. The van der Waals surface area contributed by atoms with E-state index in [0.29, 0.717) is 12.4 Å². The standard InChI is InChI=1S/C13H15N3/c14-8-4-3-5-10-9-16-13(15)12-7-2-1-6-11(10)12/h1-3,5-7,9H,4,8,14H2,(H2,15,16). The molecule has 0 saturated heterocycles. The van der Waals surface area contributed by atoms with E-state index in [1.165, 1.54) is 0 Å². The second-order valence-corrected chi connectivity index (χ2v) is 3.62. The number of nitrogens with two attached hydrogens (primary N) is 2. The lowest BCUT2D eigenvalue weighted by Gasteiger charge is -2.04. The first-order chi connectivity index (χ1) is 7.83. The molecule has 82 valence electrons. The second-order valence-electron chi connectivity index (χ2n) is 3.62. The van der Waals surface area contributed by atoms with Crippen LogP contribution in [0.1, 0.15) is 12.0 Å². The van der Waals surface area contributed by atoms with Gasteiger partial charge >= 0.3 is 0 Å². The molecule has 0 aliphatic rings. The molecule has 0 atom stereocenters. The molecule has 0 radical (unpaired) electrons. The Bertz CT molecular complexity index is 518. The average molecular weight is 213 g/mol. The number of aromatic nitrogens is 1. The molecular weight excluding hydrogens is 198 g/mol. The van der Waals surface area contributed by atoms with Crippen LogP contribution in [0.4, 0.5) is 5.82 Å². The van der Waals surface area contributed by atoms with Crippen molar-refractivity contribution in [2.75, 3.05) is 12.3 Å². The third-order valence-corrected chi connectivity index (χ3v) is 2.49. The summed E-state index contributed by atoms with van der Waals surface area (Å²) in [6.45, 7) is 0.664. The summed E-state index contributed by atoms with van der Waals surface area (Å²) in [5.41, 5.74) is 12.3. The van der Waals surface area contributed by atoms with Gasteiger partial charge in [0, 0.05) is 17.1 Å². The Morgan fingerprint density at radius 2 is 1.94 bits per heavy atom. The monoisotopic (exact) mass is 213 g/mol. The van der Waals surface area contributed by atoms with Crippen LogP contribution in [0.3, 0.4) is 0 Å². The third kappa shape index (κ3) is 2.04. The van der Waals surface area contributed by atoms with Gasteiger partial charge in [-0.05, 0) is 18.4 Å². The summed E-state index contributed by atoms with van der Waals surface area (Å²) < 4.78 is 0. The Morgan fingerprint density at radius 1 is 1.19 bits per heavy atom. The van der Waals surface area contributed by atoms with Crippen molar-refractivity contribution in [3.8, 4) is 0 Å². The molecule has 2 aromatic rings. The predicted molar refractivity (Wildman–Crippen MR) is 68.9 cm³/mol. The van der Waals surface area contributed by atoms with Gasteiger partial charge in [-0.1, -0.05) is 36.4 Å². The zero-order valence-corrected chi connectivity index (χ0v) is 9.06. The van der Waals surface area contributed by atoms with Gasteiger partial charge in [-0.2, -0.15) is 0 Å². The Labute approximate surface area is 94.8 Å². The Balaban J connectivity index is 2.50. The van der Waals surface area contributed by atoms with Crippen molar-refractivity contribution < 1.29 is 0 Å². The number of anilines is 1. The molecule has 0 aliphatic carbocycles. The predicted octanol–water partition coefficient (Wildman–Crippen LogP) is 2.18. The Kier molecular flexibility index (Phi) is 3.17. The molecule has 3 heteroatoms. The molecule has 0 saturated carbocycles. The summed E-state index contributed by atoms with van der Waals surface area (Å²) in [5, 5.41) is 2.13. The van der Waals surface area contributed by atoms with E-state index in [1.807, 2.05) is 24.3 Å². The second kappa shape index (κ2) is 4.77. The molecule has 2 rings (SSSR count). The highest BCUT2D eigenvalue weighted by atomic mass is 14.8. The van der Waals surface area contributed by atoms with E-state index in [-0.39, 0.29) is 0 Å². The summed E-state index contributed by atoms with van der Waals surface area (Å²) in [6, 6.07) is 8.00. The number of nitrogen functional groups attached to an aromatic ring is 1. The lowest BCUT2D eigenvalue weighted by atomic mass is 10.1. The van der Waals surface area contributed by atoms with Crippen molar-refractivity contribution in [2.24, 2.45) is 5.73 Å². The van der Waals surface area contributed by atoms with Gasteiger partial charge in [0.2, 0.25) is 0 Å². The van der Waals surface area contributed by atoms with Crippen LogP contribution >= 0.6 is 0 Å². The van der Waals surface area contributed by atoms with E-state index >= 15 is 0 Å². The van der Waals surface area contributed by atoms with Crippen LogP contribution in [0, 0.1) is 0 Å². The largest absolute Gasteiger partial charge is 0.383 e. The molecular formula is C13H15N3. The highest BCUT2D eigenvalue weighted by molar-refractivity contribution is 5.96. The SMILES string of the molecule is NCCC=Cc1cnc(N)c2ccccc12. The van der Waals surface area contributed by atoms with Crippen molar-refractivity contribution in [1.82, 2.24) is 4.98 Å². The molecule has 0 aliphatic heterocycles. The highest BCUT2D eigenvalue weighted by Crippen LogP contribution is 2.23. The third-order valence-electron chi connectivity index (χ3n) is 2.49. The van der Waals surface area contributed by atoms with Crippen LogP contribution in [-0.4, -0.2) is 11.5 Å². The van der Waals surface area contributed by atoms with Crippen molar-refractivity contribution >= 4 is 22.7 Å². The summed E-state index contributed by atoms with van der Waals surface area (Å²) >= 11 is 0. The quantitative estimate of drug-likeness (QED) is 0.821. The molecule has 0 bridgehead atoms. The van der Waals surface area contributed by atoms with E-state index in [9.17, 15) is 0 Å². The van der Waals surface area contributed by atoms with E-state index < -0.39 is 0 Å². The Morgan fingerprint density at radius 3 is 2.69 bits per heavy atom. The zero-order valence-electron chi connectivity index (χ0n) is 9.06. The highest BCUT2D eigenvalue weighted by Gasteiger charge is 2.01. The number of pyridine rings is 1. The average Bonchev–Trinajstić information content (AvgIpc) is 2.33. The van der Waals surface area contributed by atoms with Crippen molar-refractivity contribution in [1.29, 1.82) is 0 Å². The van der Waals surface area contributed by atoms with Crippen molar-refractivity contribution in [3.05, 3.63) is 42.1 Å². The van der Waals surface area contributed by atoms with Gasteiger partial charge in [0.25, 0.3) is 0 Å². The van der Waals surface area contributed by atoms with Crippen LogP contribution in [0.5, 0.6) is 0 Å². The number of fused-ring (bicyclic) bond motifs is 1. The molecule has 4 N–H and O–H groups in total. The van der Waals surface area contributed by atoms with Crippen LogP contribution in [0.15, 0.2) is 36.5 Å². The van der Waals surface area contributed by atoms with E-state index in [0.717, 1.165) is 22.8 Å². The van der Waals surface area contributed by atoms with Gasteiger partial charge in [-0.25, -0.2) is 4.98 Å². The molecule has 1 heterocycles. The van der Waals surface area contributed by atoms with Crippen LogP contribution in [-0.2, 0) is 0 Å². The number of rotatable bonds is 3. The maximum atomic E-state index is 5.82. The van der Waals surface area contributed by atoms with Gasteiger partial charge in [-0.15, -0.1) is 0 Å². The molecule has 0 unspecified atom stereocenters. The van der Waals surface area contributed by atoms with Crippen LogP contribution in [0.2, 0.25) is 0 Å². The maximum Gasteiger partial charge on any atom is 0.131 e. The summed E-state index contributed by atoms with van der Waals surface area (Å²) in [7, 11) is 0. The van der Waals surface area contributed by atoms with Crippen LogP contribution in [0.25, 0.3) is 16.8 Å². The minimum atomic E-state index is 0.576. The van der Waals surface area contributed by atoms with Gasteiger partial charge in [0.15, 0.2) is 0 Å². The minimum Gasteiger partial charge on any atom is -0.383 e. The number of hydrogen-bond acceptors (Lipinski definition) is 3. The van der Waals surface area contributed by atoms with Crippen LogP contribution < -0.4 is 11.5 Å². The Hall–Kier alpha value is -1.87. The fourth-order valence-corrected chi connectivity index (χ4v) is 1.68. The zero-order chi connectivity index (χ0) is 11.4. The summed E-state index contributed by atoms with van der Waals surface area (Å²) in [5.74, 6) is 0.576. The first-order valence-corrected chi connectivity index (χ1v) is 5.33. The lowest BCUT2D eigenvalue weighted by molar-refractivity contribution is 1.01. The number of benzene rings is 1. The first-order valence-electron chi connectivity index (χ1n) is 5.33. The molecule has 1 aromatic carbocycles. The summed E-state index contributed by atoms with van der Waals surface area (Å²) in [4.78, 5) is 4.18.